The van der Waals surface area contributed by atoms with Crippen molar-refractivity contribution >= 4 is 29.0 Å². The van der Waals surface area contributed by atoms with Crippen molar-refractivity contribution in [3.05, 3.63) is 74.8 Å². The van der Waals surface area contributed by atoms with Crippen LogP contribution >= 0.6 is 12.2 Å². The van der Waals surface area contributed by atoms with E-state index in [1.165, 1.54) is 10.1 Å². The number of carbonyl (C=O) groups is 1. The van der Waals surface area contributed by atoms with Gasteiger partial charge >= 0.3 is 0 Å². The Morgan fingerprint density at radius 3 is 2.62 bits per heavy atom. The number of rotatable bonds is 5. The molecule has 1 amide bonds. The molecule has 26 heavy (non-hydrogen) atoms. The van der Waals surface area contributed by atoms with E-state index in [0.717, 1.165) is 6.42 Å². The summed E-state index contributed by atoms with van der Waals surface area (Å²) in [7, 11) is 1.78. The third-order valence-corrected chi connectivity index (χ3v) is 4.79. The van der Waals surface area contributed by atoms with Crippen LogP contribution in [0.4, 0.5) is 0 Å². The van der Waals surface area contributed by atoms with E-state index >= 15 is 0 Å². The largest absolute Gasteiger partial charge is 0.341 e. The average Bonchev–Trinajstić information content (AvgIpc) is 2.66. The van der Waals surface area contributed by atoms with E-state index in [2.05, 4.69) is 4.98 Å². The van der Waals surface area contributed by atoms with Crippen molar-refractivity contribution in [2.75, 3.05) is 13.6 Å². The molecule has 3 rings (SSSR count). The molecular formula is C20H21N3O2S. The molecule has 134 valence electrons. The van der Waals surface area contributed by atoms with E-state index in [9.17, 15) is 9.59 Å². The Balaban J connectivity index is 1.84. The molecule has 6 heteroatoms. The Kier molecular flexibility index (Phi) is 5.32. The van der Waals surface area contributed by atoms with Gasteiger partial charge in [-0.1, -0.05) is 30.3 Å². The number of aromatic nitrogens is 2. The minimum Gasteiger partial charge on any atom is -0.341 e. The van der Waals surface area contributed by atoms with E-state index in [4.69, 9.17) is 12.2 Å². The van der Waals surface area contributed by atoms with E-state index < -0.39 is 0 Å². The predicted octanol–water partition coefficient (Wildman–Crippen LogP) is 3.39. The number of hydrogen-bond donors (Lipinski definition) is 1. The molecule has 0 atom stereocenters. The lowest BCUT2D eigenvalue weighted by atomic mass is 10.1. The van der Waals surface area contributed by atoms with Crippen molar-refractivity contribution in [3.8, 4) is 0 Å². The molecule has 0 aliphatic rings. The molecule has 3 aromatic rings. The minimum absolute atomic E-state index is 0.0816. The highest BCUT2D eigenvalue weighted by Crippen LogP contribution is 2.13. The molecule has 0 bridgehead atoms. The van der Waals surface area contributed by atoms with Gasteiger partial charge in [0.2, 0.25) is 0 Å². The van der Waals surface area contributed by atoms with Crippen LogP contribution in [0.25, 0.3) is 10.9 Å². The predicted molar refractivity (Wildman–Crippen MR) is 106 cm³/mol. The maximum atomic E-state index is 12.7. The van der Waals surface area contributed by atoms with Crippen molar-refractivity contribution in [2.24, 2.45) is 0 Å². The summed E-state index contributed by atoms with van der Waals surface area (Å²) in [4.78, 5) is 29.9. The lowest BCUT2D eigenvalue weighted by Crippen LogP contribution is -2.29. The summed E-state index contributed by atoms with van der Waals surface area (Å²) in [5, 5.41) is 0.531. The lowest BCUT2D eigenvalue weighted by molar-refractivity contribution is 0.0797. The first-order valence-electron chi connectivity index (χ1n) is 8.57. The number of H-pyrrole nitrogens is 1. The first kappa shape index (κ1) is 18.1. The highest BCUT2D eigenvalue weighted by molar-refractivity contribution is 7.71. The third kappa shape index (κ3) is 3.60. The summed E-state index contributed by atoms with van der Waals surface area (Å²) in [5.41, 5.74) is 2.18. The molecule has 0 saturated carbocycles. The van der Waals surface area contributed by atoms with Crippen LogP contribution in [0.3, 0.4) is 0 Å². The fourth-order valence-electron chi connectivity index (χ4n) is 2.94. The zero-order chi connectivity index (χ0) is 18.7. The Hall–Kier alpha value is -2.73. The summed E-state index contributed by atoms with van der Waals surface area (Å²) in [6.07, 6.45) is 0.792. The highest BCUT2D eigenvalue weighted by Gasteiger charge is 2.13. The van der Waals surface area contributed by atoms with Gasteiger partial charge in [-0.15, -0.1) is 0 Å². The van der Waals surface area contributed by atoms with Crippen molar-refractivity contribution in [1.29, 1.82) is 0 Å². The van der Waals surface area contributed by atoms with Gasteiger partial charge < -0.3 is 9.88 Å². The number of amides is 1. The number of hydrogen-bond acceptors (Lipinski definition) is 3. The normalized spacial score (nSPS) is 10.8. The summed E-state index contributed by atoms with van der Waals surface area (Å²) in [6.45, 7) is 3.00. The average molecular weight is 367 g/mol. The smallest absolute Gasteiger partial charge is 0.262 e. The van der Waals surface area contributed by atoms with Gasteiger partial charge in [0.05, 0.1) is 10.9 Å². The van der Waals surface area contributed by atoms with Crippen LogP contribution in [0.5, 0.6) is 0 Å². The molecule has 0 spiro atoms. The van der Waals surface area contributed by atoms with Crippen LogP contribution < -0.4 is 5.56 Å². The summed E-state index contributed by atoms with van der Waals surface area (Å²) in [5.74, 6) is -0.0816. The van der Waals surface area contributed by atoms with Crippen LogP contribution in [0, 0.1) is 4.77 Å². The van der Waals surface area contributed by atoms with Gasteiger partial charge in [-0.25, -0.2) is 0 Å². The first-order chi connectivity index (χ1) is 12.5. The number of fused-ring (bicyclic) bond motifs is 1. The molecule has 0 fully saturated rings. The minimum atomic E-state index is -0.136. The molecule has 1 heterocycles. The Labute approximate surface area is 156 Å². The van der Waals surface area contributed by atoms with Crippen LogP contribution in [-0.2, 0) is 13.0 Å². The summed E-state index contributed by atoms with van der Waals surface area (Å²) in [6, 6.07) is 15.1. The van der Waals surface area contributed by atoms with Crippen molar-refractivity contribution in [2.45, 2.75) is 19.9 Å². The summed E-state index contributed by atoms with van der Waals surface area (Å²) < 4.78 is 1.87. The molecule has 0 aliphatic carbocycles. The van der Waals surface area contributed by atoms with E-state index in [0.29, 0.717) is 34.3 Å². The molecule has 2 aromatic carbocycles. The molecule has 1 aromatic heterocycles. The summed E-state index contributed by atoms with van der Waals surface area (Å²) >= 11 is 5.23. The second-order valence-electron chi connectivity index (χ2n) is 6.20. The van der Waals surface area contributed by atoms with Gasteiger partial charge in [0.1, 0.15) is 0 Å². The zero-order valence-electron chi connectivity index (χ0n) is 14.9. The molecule has 0 aliphatic heterocycles. The van der Waals surface area contributed by atoms with Crippen LogP contribution in [0.1, 0.15) is 22.8 Å². The fourth-order valence-corrected chi connectivity index (χ4v) is 3.26. The van der Waals surface area contributed by atoms with Gasteiger partial charge in [0.25, 0.3) is 11.5 Å². The van der Waals surface area contributed by atoms with Crippen molar-refractivity contribution < 1.29 is 4.79 Å². The maximum absolute atomic E-state index is 12.7. The SMILES string of the molecule is CCn1c(=S)[nH]c2cc(C(=O)N(C)CCc3ccccc3)ccc2c1=O. The van der Waals surface area contributed by atoms with Crippen LogP contribution in [-0.4, -0.2) is 34.0 Å². The highest BCUT2D eigenvalue weighted by atomic mass is 32.1. The second kappa shape index (κ2) is 7.66. The molecular weight excluding hydrogens is 346 g/mol. The maximum Gasteiger partial charge on any atom is 0.262 e. The molecule has 0 radical (unpaired) electrons. The monoisotopic (exact) mass is 367 g/mol. The standard InChI is InChI=1S/C20H21N3O2S/c1-3-23-19(25)16-10-9-15(13-17(16)21-20(23)26)18(24)22(2)12-11-14-7-5-4-6-8-14/h4-10,13H,3,11-12H2,1-2H3,(H,21,26). The molecule has 5 nitrogen and oxygen atoms in total. The number of aromatic amines is 1. The molecule has 1 N–H and O–H groups in total. The number of likely N-dealkylation sites (N-methyl/N-ethyl adjacent to an activating group) is 1. The fraction of sp³-hybridized carbons (Fsp3) is 0.250. The zero-order valence-corrected chi connectivity index (χ0v) is 15.7. The molecule has 0 saturated heterocycles. The van der Waals surface area contributed by atoms with Crippen molar-refractivity contribution in [1.82, 2.24) is 14.5 Å². The Morgan fingerprint density at radius 2 is 1.92 bits per heavy atom. The lowest BCUT2D eigenvalue weighted by Gasteiger charge is -2.17. The Morgan fingerprint density at radius 1 is 1.19 bits per heavy atom. The van der Waals surface area contributed by atoms with E-state index in [1.54, 1.807) is 30.1 Å². The van der Waals surface area contributed by atoms with Crippen LogP contribution in [0.2, 0.25) is 0 Å². The van der Waals surface area contributed by atoms with Gasteiger partial charge in [-0.05, 0) is 49.3 Å². The first-order valence-corrected chi connectivity index (χ1v) is 8.98. The van der Waals surface area contributed by atoms with Crippen LogP contribution in [0.15, 0.2) is 53.3 Å². The third-order valence-electron chi connectivity index (χ3n) is 4.47. The van der Waals surface area contributed by atoms with E-state index in [1.807, 2.05) is 37.3 Å². The van der Waals surface area contributed by atoms with Gasteiger partial charge in [0, 0.05) is 25.7 Å². The van der Waals surface area contributed by atoms with Crippen molar-refractivity contribution in [3.63, 3.8) is 0 Å². The quantitative estimate of drug-likeness (QED) is 0.703. The number of carbonyl (C=O) groups excluding carboxylic acids is 1. The topological polar surface area (TPSA) is 58.1 Å². The van der Waals surface area contributed by atoms with Gasteiger partial charge in [-0.2, -0.15) is 0 Å². The number of nitrogens with zero attached hydrogens (tertiary/aromatic N) is 2. The number of nitrogens with one attached hydrogen (secondary N) is 1. The van der Waals surface area contributed by atoms with Gasteiger partial charge in [-0.3, -0.25) is 14.2 Å². The number of benzene rings is 2. The van der Waals surface area contributed by atoms with Gasteiger partial charge in [0.15, 0.2) is 4.77 Å². The second-order valence-corrected chi connectivity index (χ2v) is 6.59. The molecule has 0 unspecified atom stereocenters. The van der Waals surface area contributed by atoms with E-state index in [-0.39, 0.29) is 11.5 Å². The Bertz CT molecular complexity index is 1050.